The van der Waals surface area contributed by atoms with E-state index in [1.165, 1.54) is 10.8 Å². The van der Waals surface area contributed by atoms with Crippen LogP contribution in [0.3, 0.4) is 0 Å². The Hall–Kier alpha value is -2.16. The van der Waals surface area contributed by atoms with Gasteiger partial charge in [0.25, 0.3) is 5.56 Å². The van der Waals surface area contributed by atoms with Gasteiger partial charge < -0.3 is 0 Å². The fraction of sp³-hybridized carbons (Fsp3) is 0.538. The number of hydrogen-bond donors (Lipinski definition) is 0. The number of nitrogens with zero attached hydrogens (tertiary/aromatic N) is 3. The third-order valence-electron chi connectivity index (χ3n) is 2.84. The quantitative estimate of drug-likeness (QED) is 0.795. The van der Waals surface area contributed by atoms with E-state index in [0.717, 1.165) is 4.57 Å². The topological polar surface area (TPSA) is 84.9 Å². The van der Waals surface area contributed by atoms with Crippen molar-refractivity contribution in [2.75, 3.05) is 0 Å². The molecule has 6 nitrogen and oxygen atoms in total. The Labute approximate surface area is 110 Å². The number of carbonyl (C=O) groups is 1. The lowest BCUT2D eigenvalue weighted by Gasteiger charge is -2.17. The highest BCUT2D eigenvalue weighted by Crippen LogP contribution is 2.14. The van der Waals surface area contributed by atoms with Gasteiger partial charge in [0.05, 0.1) is 6.54 Å². The molecule has 6 heteroatoms. The molecule has 0 fully saturated rings. The number of carbonyl (C=O) groups excluding carboxylic acids is 1. The summed E-state index contributed by atoms with van der Waals surface area (Å²) in [4.78, 5) is 35.9. The van der Waals surface area contributed by atoms with Crippen LogP contribution in [0, 0.1) is 16.7 Å². The maximum absolute atomic E-state index is 12.0. The van der Waals surface area contributed by atoms with Crippen LogP contribution in [-0.2, 0) is 17.9 Å². The van der Waals surface area contributed by atoms with Gasteiger partial charge in [-0.1, -0.05) is 20.8 Å². The molecule has 0 spiro atoms. The summed E-state index contributed by atoms with van der Waals surface area (Å²) in [5, 5.41) is 8.88. The van der Waals surface area contributed by atoms with Crippen molar-refractivity contribution in [3.8, 4) is 6.07 Å². The molecule has 1 rings (SSSR count). The minimum Gasteiger partial charge on any atom is -0.299 e. The minimum atomic E-state index is -0.713. The highest BCUT2D eigenvalue weighted by molar-refractivity contribution is 5.83. The summed E-state index contributed by atoms with van der Waals surface area (Å²) in [6.45, 7) is 6.89. The standard InChI is InChI=1S/C13H17N3O3/c1-5-15-7-9(6-14)11(18)16(12(15)19)8-10(17)13(2,3)4/h7H,5,8H2,1-4H3. The first-order chi connectivity index (χ1) is 8.72. The minimum absolute atomic E-state index is 0.136. The number of Topliss-reactive ketones (excluding diaryl/α,β-unsaturated/α-hetero) is 1. The third-order valence-corrected chi connectivity index (χ3v) is 2.84. The Balaban J connectivity index is 3.44. The molecule has 0 amide bonds. The van der Waals surface area contributed by atoms with Crippen molar-refractivity contribution in [2.45, 2.75) is 40.8 Å². The molecule has 0 saturated heterocycles. The van der Waals surface area contributed by atoms with E-state index in [2.05, 4.69) is 0 Å². The van der Waals surface area contributed by atoms with E-state index in [0.29, 0.717) is 6.54 Å². The van der Waals surface area contributed by atoms with Gasteiger partial charge in [-0.25, -0.2) is 4.79 Å². The lowest BCUT2D eigenvalue weighted by molar-refractivity contribution is -0.127. The summed E-state index contributed by atoms with van der Waals surface area (Å²) in [6, 6.07) is 1.75. The number of nitriles is 1. The van der Waals surface area contributed by atoms with Gasteiger partial charge in [0.1, 0.15) is 11.6 Å². The van der Waals surface area contributed by atoms with E-state index < -0.39 is 16.7 Å². The fourth-order valence-electron chi connectivity index (χ4n) is 1.48. The van der Waals surface area contributed by atoms with Crippen LogP contribution in [0.25, 0.3) is 0 Å². The summed E-state index contributed by atoms with van der Waals surface area (Å²) < 4.78 is 2.07. The van der Waals surface area contributed by atoms with E-state index in [4.69, 9.17) is 5.26 Å². The monoisotopic (exact) mass is 263 g/mol. The van der Waals surface area contributed by atoms with Crippen molar-refractivity contribution >= 4 is 5.78 Å². The van der Waals surface area contributed by atoms with Crippen molar-refractivity contribution < 1.29 is 4.79 Å². The second-order valence-electron chi connectivity index (χ2n) is 5.29. The van der Waals surface area contributed by atoms with Gasteiger partial charge in [-0.2, -0.15) is 5.26 Å². The van der Waals surface area contributed by atoms with E-state index in [-0.39, 0.29) is 17.9 Å². The highest BCUT2D eigenvalue weighted by Gasteiger charge is 2.23. The van der Waals surface area contributed by atoms with E-state index >= 15 is 0 Å². The predicted octanol–water partition coefficient (Wildman–Crippen LogP) is 0.517. The molecule has 0 aliphatic rings. The largest absolute Gasteiger partial charge is 0.331 e. The SMILES string of the molecule is CCn1cc(C#N)c(=O)n(CC(=O)C(C)(C)C)c1=O. The van der Waals surface area contributed by atoms with Crippen LogP contribution in [-0.4, -0.2) is 14.9 Å². The molecule has 0 saturated carbocycles. The summed E-state index contributed by atoms with van der Waals surface area (Å²) in [7, 11) is 0. The normalized spacial score (nSPS) is 11.1. The molecule has 102 valence electrons. The lowest BCUT2D eigenvalue weighted by Crippen LogP contribution is -2.43. The zero-order valence-electron chi connectivity index (χ0n) is 11.6. The molecular weight excluding hydrogens is 246 g/mol. The molecule has 1 aromatic rings. The maximum Gasteiger partial charge on any atom is 0.331 e. The molecule has 19 heavy (non-hydrogen) atoms. The van der Waals surface area contributed by atoms with Crippen LogP contribution in [0.2, 0.25) is 0 Å². The number of aryl methyl sites for hydroxylation is 1. The summed E-state index contributed by atoms with van der Waals surface area (Å²) in [5.74, 6) is -0.232. The van der Waals surface area contributed by atoms with E-state index in [1.54, 1.807) is 33.8 Å². The first kappa shape index (κ1) is 14.9. The van der Waals surface area contributed by atoms with Crippen LogP contribution in [0.15, 0.2) is 15.8 Å². The third kappa shape index (κ3) is 2.99. The Morgan fingerprint density at radius 1 is 1.37 bits per heavy atom. The lowest BCUT2D eigenvalue weighted by atomic mass is 9.91. The number of rotatable bonds is 3. The molecule has 0 unspecified atom stereocenters. The summed E-state index contributed by atoms with van der Waals surface area (Å²) in [6.07, 6.45) is 1.22. The van der Waals surface area contributed by atoms with Crippen molar-refractivity contribution in [1.82, 2.24) is 9.13 Å². The second-order valence-corrected chi connectivity index (χ2v) is 5.29. The molecule has 1 heterocycles. The molecule has 0 atom stereocenters. The highest BCUT2D eigenvalue weighted by atomic mass is 16.2. The number of hydrogen-bond acceptors (Lipinski definition) is 4. The molecule has 0 aliphatic carbocycles. The van der Waals surface area contributed by atoms with Crippen molar-refractivity contribution in [1.29, 1.82) is 5.26 Å². The van der Waals surface area contributed by atoms with Gasteiger partial charge in [0, 0.05) is 18.2 Å². The zero-order valence-corrected chi connectivity index (χ0v) is 11.6. The van der Waals surface area contributed by atoms with Gasteiger partial charge in [-0.15, -0.1) is 0 Å². The predicted molar refractivity (Wildman–Crippen MR) is 69.8 cm³/mol. The van der Waals surface area contributed by atoms with E-state index in [9.17, 15) is 14.4 Å². The fourth-order valence-corrected chi connectivity index (χ4v) is 1.48. The average molecular weight is 263 g/mol. The van der Waals surface area contributed by atoms with Gasteiger partial charge >= 0.3 is 5.69 Å². The number of ketones is 1. The molecule has 0 aromatic carbocycles. The Bertz CT molecular complexity index is 654. The molecule has 0 radical (unpaired) electrons. The number of aromatic nitrogens is 2. The van der Waals surface area contributed by atoms with Gasteiger partial charge in [-0.05, 0) is 6.92 Å². The summed E-state index contributed by atoms with van der Waals surface area (Å²) in [5.41, 5.74) is -2.06. The van der Waals surface area contributed by atoms with Crippen LogP contribution in [0.1, 0.15) is 33.3 Å². The van der Waals surface area contributed by atoms with Crippen LogP contribution in [0.4, 0.5) is 0 Å². The van der Waals surface area contributed by atoms with Crippen LogP contribution < -0.4 is 11.2 Å². The molecule has 1 aromatic heterocycles. The Morgan fingerprint density at radius 3 is 2.37 bits per heavy atom. The average Bonchev–Trinajstić information content (AvgIpc) is 2.33. The van der Waals surface area contributed by atoms with Crippen LogP contribution >= 0.6 is 0 Å². The van der Waals surface area contributed by atoms with Crippen LogP contribution in [0.5, 0.6) is 0 Å². The zero-order chi connectivity index (χ0) is 14.8. The Morgan fingerprint density at radius 2 is 1.95 bits per heavy atom. The van der Waals surface area contributed by atoms with Crippen molar-refractivity contribution in [2.24, 2.45) is 5.41 Å². The molecular formula is C13H17N3O3. The second kappa shape index (κ2) is 5.22. The summed E-state index contributed by atoms with van der Waals surface area (Å²) >= 11 is 0. The van der Waals surface area contributed by atoms with Gasteiger partial charge in [-0.3, -0.25) is 18.7 Å². The molecule has 0 bridgehead atoms. The first-order valence-electron chi connectivity index (χ1n) is 6.00. The van der Waals surface area contributed by atoms with E-state index in [1.807, 2.05) is 0 Å². The van der Waals surface area contributed by atoms with Gasteiger partial charge in [0.15, 0.2) is 5.78 Å². The Kier molecular flexibility index (Phi) is 4.10. The van der Waals surface area contributed by atoms with Crippen molar-refractivity contribution in [3.05, 3.63) is 32.6 Å². The van der Waals surface area contributed by atoms with Crippen molar-refractivity contribution in [3.63, 3.8) is 0 Å². The molecule has 0 N–H and O–H groups in total. The smallest absolute Gasteiger partial charge is 0.299 e. The molecule has 0 aliphatic heterocycles. The first-order valence-corrected chi connectivity index (χ1v) is 6.00. The maximum atomic E-state index is 12.0. The van der Waals surface area contributed by atoms with Gasteiger partial charge in [0.2, 0.25) is 0 Å².